The maximum Gasteiger partial charge on any atom is -0.0149 e. The summed E-state index contributed by atoms with van der Waals surface area (Å²) in [6, 6.07) is 10.8. The molecule has 0 heterocycles. The summed E-state index contributed by atoms with van der Waals surface area (Å²) in [4.78, 5) is 0. The highest BCUT2D eigenvalue weighted by molar-refractivity contribution is 5.14. The summed E-state index contributed by atoms with van der Waals surface area (Å²) in [5, 5.41) is 0. The van der Waals surface area contributed by atoms with Gasteiger partial charge in [0.1, 0.15) is 0 Å². The van der Waals surface area contributed by atoms with Gasteiger partial charge in [0.2, 0.25) is 0 Å². The molecule has 0 nitrogen and oxygen atoms in total. The zero-order chi connectivity index (χ0) is 14.8. The van der Waals surface area contributed by atoms with E-state index in [2.05, 4.69) is 63.8 Å². The van der Waals surface area contributed by atoms with E-state index < -0.39 is 0 Å². The Morgan fingerprint density at radius 3 is 2.30 bits per heavy atom. The van der Waals surface area contributed by atoms with Crippen molar-refractivity contribution in [2.24, 2.45) is 11.3 Å². The third-order valence-electron chi connectivity index (χ3n) is 4.33. The molecule has 0 aliphatic heterocycles. The molecule has 112 valence electrons. The smallest absolute Gasteiger partial charge is 0.0149 e. The molecule has 1 rings (SSSR count). The average molecular weight is 272 g/mol. The van der Waals surface area contributed by atoms with Gasteiger partial charge in [0.05, 0.1) is 0 Å². The lowest BCUT2D eigenvalue weighted by Gasteiger charge is -2.26. The number of benzene rings is 1. The number of rotatable bonds is 10. The summed E-state index contributed by atoms with van der Waals surface area (Å²) >= 11 is 0. The second-order valence-corrected chi connectivity index (χ2v) is 6.84. The Hall–Kier alpha value is -1.04. The predicted molar refractivity (Wildman–Crippen MR) is 91.0 cm³/mol. The van der Waals surface area contributed by atoms with Gasteiger partial charge in [0.15, 0.2) is 0 Å². The van der Waals surface area contributed by atoms with Crippen LogP contribution < -0.4 is 0 Å². The van der Waals surface area contributed by atoms with Crippen molar-refractivity contribution in [1.29, 1.82) is 0 Å². The van der Waals surface area contributed by atoms with Crippen molar-refractivity contribution < 1.29 is 0 Å². The molecule has 0 saturated carbocycles. The molecule has 1 unspecified atom stereocenters. The molecule has 20 heavy (non-hydrogen) atoms. The van der Waals surface area contributed by atoms with E-state index in [4.69, 9.17) is 0 Å². The number of unbranched alkanes of at least 4 members (excludes halogenated alkanes) is 1. The minimum absolute atomic E-state index is 0.339. The lowest BCUT2D eigenvalue weighted by Crippen LogP contribution is -2.13. The van der Waals surface area contributed by atoms with Gasteiger partial charge in [-0.3, -0.25) is 0 Å². The van der Waals surface area contributed by atoms with E-state index in [9.17, 15) is 0 Å². The molecule has 0 bridgehead atoms. The van der Waals surface area contributed by atoms with E-state index in [0.29, 0.717) is 5.41 Å². The van der Waals surface area contributed by atoms with Crippen molar-refractivity contribution in [3.8, 4) is 0 Å². The molecule has 0 aliphatic rings. The van der Waals surface area contributed by atoms with E-state index in [1.807, 2.05) is 0 Å². The van der Waals surface area contributed by atoms with Gasteiger partial charge in [-0.15, -0.1) is 6.58 Å². The normalized spacial score (nSPS) is 14.2. The first-order valence-electron chi connectivity index (χ1n) is 8.23. The highest BCUT2D eigenvalue weighted by atomic mass is 14.2. The molecular weight excluding hydrogens is 240 g/mol. The van der Waals surface area contributed by atoms with Crippen LogP contribution in [0.15, 0.2) is 43.0 Å². The van der Waals surface area contributed by atoms with Crippen LogP contribution >= 0.6 is 0 Å². The lowest BCUT2D eigenvalue weighted by molar-refractivity contribution is 0.324. The summed E-state index contributed by atoms with van der Waals surface area (Å²) in [5.41, 5.74) is 1.80. The largest absolute Gasteiger partial charge is 0.103 e. The standard InChI is InChI=1S/C20H32/c1-5-20(4,17-11-12-18(2)3)16-10-9-15-19-13-7-6-8-14-19/h5-8,13-14,18H,1,9-12,15-17H2,2-4H3. The highest BCUT2D eigenvalue weighted by Gasteiger charge is 2.19. The third-order valence-corrected chi connectivity index (χ3v) is 4.33. The van der Waals surface area contributed by atoms with E-state index in [0.717, 1.165) is 5.92 Å². The zero-order valence-corrected chi connectivity index (χ0v) is 13.7. The maximum absolute atomic E-state index is 4.07. The zero-order valence-electron chi connectivity index (χ0n) is 13.7. The van der Waals surface area contributed by atoms with Crippen molar-refractivity contribution >= 4 is 0 Å². The van der Waals surface area contributed by atoms with Crippen LogP contribution in [0.4, 0.5) is 0 Å². The third kappa shape index (κ3) is 6.93. The maximum atomic E-state index is 4.07. The van der Waals surface area contributed by atoms with Crippen LogP contribution in [0.3, 0.4) is 0 Å². The quantitative estimate of drug-likeness (QED) is 0.340. The molecule has 1 aromatic carbocycles. The van der Waals surface area contributed by atoms with Gasteiger partial charge in [0, 0.05) is 0 Å². The Balaban J connectivity index is 2.24. The van der Waals surface area contributed by atoms with Gasteiger partial charge in [0.25, 0.3) is 0 Å². The van der Waals surface area contributed by atoms with Crippen LogP contribution in [-0.2, 0) is 6.42 Å². The molecule has 0 amide bonds. The van der Waals surface area contributed by atoms with E-state index >= 15 is 0 Å². The molecule has 0 radical (unpaired) electrons. The van der Waals surface area contributed by atoms with Crippen molar-refractivity contribution in [2.45, 2.75) is 65.7 Å². The number of hydrogen-bond acceptors (Lipinski definition) is 0. The molecule has 1 atom stereocenters. The topological polar surface area (TPSA) is 0 Å². The fourth-order valence-electron chi connectivity index (χ4n) is 2.75. The van der Waals surface area contributed by atoms with Gasteiger partial charge in [-0.1, -0.05) is 76.4 Å². The first kappa shape index (κ1) is 17.0. The molecule has 0 aromatic heterocycles. The van der Waals surface area contributed by atoms with E-state index in [-0.39, 0.29) is 0 Å². The fraction of sp³-hybridized carbons (Fsp3) is 0.600. The lowest BCUT2D eigenvalue weighted by atomic mass is 9.79. The molecule has 0 aliphatic carbocycles. The Kier molecular flexibility index (Phi) is 7.65. The van der Waals surface area contributed by atoms with Crippen molar-refractivity contribution in [1.82, 2.24) is 0 Å². The molecule has 0 heteroatoms. The van der Waals surface area contributed by atoms with E-state index in [1.165, 1.54) is 50.5 Å². The molecule has 0 N–H and O–H groups in total. The SMILES string of the molecule is C=CC(C)(CCCCc1ccccc1)CCCC(C)C. The predicted octanol–water partition coefficient (Wildman–Crippen LogP) is 6.42. The van der Waals surface area contributed by atoms with Crippen LogP contribution in [0.2, 0.25) is 0 Å². The first-order chi connectivity index (χ1) is 9.56. The van der Waals surface area contributed by atoms with Crippen molar-refractivity contribution in [3.05, 3.63) is 48.6 Å². The first-order valence-corrected chi connectivity index (χ1v) is 8.23. The van der Waals surface area contributed by atoms with Crippen molar-refractivity contribution in [2.75, 3.05) is 0 Å². The van der Waals surface area contributed by atoms with Crippen LogP contribution in [0.25, 0.3) is 0 Å². The van der Waals surface area contributed by atoms with Gasteiger partial charge < -0.3 is 0 Å². The highest BCUT2D eigenvalue weighted by Crippen LogP contribution is 2.32. The fourth-order valence-corrected chi connectivity index (χ4v) is 2.75. The summed E-state index contributed by atoms with van der Waals surface area (Å²) in [6.45, 7) is 11.1. The van der Waals surface area contributed by atoms with Gasteiger partial charge >= 0.3 is 0 Å². The van der Waals surface area contributed by atoms with Gasteiger partial charge in [-0.25, -0.2) is 0 Å². The number of hydrogen-bond donors (Lipinski definition) is 0. The Morgan fingerprint density at radius 1 is 1.05 bits per heavy atom. The Morgan fingerprint density at radius 2 is 1.70 bits per heavy atom. The molecular formula is C20H32. The van der Waals surface area contributed by atoms with Crippen LogP contribution in [0.1, 0.15) is 64.9 Å². The second-order valence-electron chi connectivity index (χ2n) is 6.84. The minimum atomic E-state index is 0.339. The van der Waals surface area contributed by atoms with Crippen LogP contribution in [-0.4, -0.2) is 0 Å². The molecule has 0 saturated heterocycles. The van der Waals surface area contributed by atoms with Crippen LogP contribution in [0.5, 0.6) is 0 Å². The van der Waals surface area contributed by atoms with Crippen LogP contribution in [0, 0.1) is 11.3 Å². The number of aryl methyl sites for hydroxylation is 1. The molecule has 1 aromatic rings. The minimum Gasteiger partial charge on any atom is -0.103 e. The Bertz CT molecular complexity index is 363. The average Bonchev–Trinajstić information content (AvgIpc) is 2.44. The van der Waals surface area contributed by atoms with Crippen molar-refractivity contribution in [3.63, 3.8) is 0 Å². The van der Waals surface area contributed by atoms with Gasteiger partial charge in [-0.2, -0.15) is 0 Å². The molecule has 0 fully saturated rings. The number of allylic oxidation sites excluding steroid dienone is 1. The summed E-state index contributed by atoms with van der Waals surface area (Å²) < 4.78 is 0. The Labute approximate surface area is 126 Å². The summed E-state index contributed by atoms with van der Waals surface area (Å²) in [6.07, 6.45) is 11.2. The monoisotopic (exact) mass is 272 g/mol. The summed E-state index contributed by atoms with van der Waals surface area (Å²) in [5.74, 6) is 0.821. The van der Waals surface area contributed by atoms with E-state index in [1.54, 1.807) is 0 Å². The second kappa shape index (κ2) is 9.00. The van der Waals surface area contributed by atoms with Gasteiger partial charge in [-0.05, 0) is 42.6 Å². The summed E-state index contributed by atoms with van der Waals surface area (Å²) in [7, 11) is 0. The molecule has 0 spiro atoms.